The molecule has 0 saturated heterocycles. The summed E-state index contributed by atoms with van der Waals surface area (Å²) in [5.74, 6) is 0.602. The van der Waals surface area contributed by atoms with Gasteiger partial charge in [0, 0.05) is 37.7 Å². The molecule has 0 bridgehead atoms. The molecule has 7 nitrogen and oxygen atoms in total. The lowest BCUT2D eigenvalue weighted by molar-refractivity contribution is 0.568. The van der Waals surface area contributed by atoms with E-state index in [-0.39, 0.29) is 11.2 Å². The van der Waals surface area contributed by atoms with Crippen LogP contribution in [0, 0.1) is 0 Å². The first-order valence-electron chi connectivity index (χ1n) is 8.41. The van der Waals surface area contributed by atoms with Gasteiger partial charge in [-0.05, 0) is 24.5 Å². The number of benzene rings is 1. The van der Waals surface area contributed by atoms with Crippen molar-refractivity contribution in [3.63, 3.8) is 0 Å². The van der Waals surface area contributed by atoms with Crippen LogP contribution in [0.1, 0.15) is 12.0 Å². The Morgan fingerprint density at radius 3 is 2.80 bits per heavy atom. The smallest absolute Gasteiger partial charge is 0.332 e. The van der Waals surface area contributed by atoms with Gasteiger partial charge in [0.25, 0.3) is 5.56 Å². The fraction of sp³-hybridized carbons (Fsp3) is 0.333. The second kappa shape index (κ2) is 5.84. The molecule has 3 aromatic rings. The molecule has 25 heavy (non-hydrogen) atoms. The molecule has 130 valence electrons. The van der Waals surface area contributed by atoms with E-state index in [2.05, 4.69) is 16.4 Å². The zero-order valence-corrected chi connectivity index (χ0v) is 14.4. The number of para-hydroxylation sites is 1. The molecule has 7 heteroatoms. The van der Waals surface area contributed by atoms with Gasteiger partial charge in [-0.2, -0.15) is 0 Å². The molecule has 3 heterocycles. The van der Waals surface area contributed by atoms with Gasteiger partial charge in [0.1, 0.15) is 11.5 Å². The van der Waals surface area contributed by atoms with Crippen LogP contribution in [-0.2, 0) is 20.0 Å². The number of aromatic nitrogens is 3. The molecular formula is C18H21N5O2. The average Bonchev–Trinajstić information content (AvgIpc) is 3.20. The van der Waals surface area contributed by atoms with Gasteiger partial charge in [-0.15, -0.1) is 0 Å². The van der Waals surface area contributed by atoms with Crippen molar-refractivity contribution in [1.29, 1.82) is 0 Å². The molecule has 2 N–H and O–H groups in total. The third-order valence-electron chi connectivity index (χ3n) is 4.89. The lowest BCUT2D eigenvalue weighted by Gasteiger charge is -2.13. The van der Waals surface area contributed by atoms with Gasteiger partial charge in [-0.3, -0.25) is 13.9 Å². The van der Waals surface area contributed by atoms with Crippen molar-refractivity contribution in [2.45, 2.75) is 19.4 Å². The van der Waals surface area contributed by atoms with E-state index in [0.29, 0.717) is 24.7 Å². The van der Waals surface area contributed by atoms with Crippen molar-refractivity contribution in [2.75, 3.05) is 23.9 Å². The Hall–Kier alpha value is -2.96. The molecule has 0 fully saturated rings. The van der Waals surface area contributed by atoms with Gasteiger partial charge in [-0.1, -0.05) is 18.2 Å². The highest BCUT2D eigenvalue weighted by Crippen LogP contribution is 2.23. The van der Waals surface area contributed by atoms with Crippen molar-refractivity contribution >= 4 is 22.4 Å². The lowest BCUT2D eigenvalue weighted by Crippen LogP contribution is -2.40. The summed E-state index contributed by atoms with van der Waals surface area (Å²) < 4.78 is 2.86. The zero-order valence-electron chi connectivity index (χ0n) is 14.4. The Morgan fingerprint density at radius 2 is 1.96 bits per heavy atom. The molecule has 1 aliphatic heterocycles. The first-order chi connectivity index (χ1) is 12.1. The predicted molar refractivity (Wildman–Crippen MR) is 99.5 cm³/mol. The summed E-state index contributed by atoms with van der Waals surface area (Å²) in [7, 11) is 3.55. The Labute approximate surface area is 144 Å². The van der Waals surface area contributed by atoms with Crippen molar-refractivity contribution in [3.05, 3.63) is 56.9 Å². The minimum absolute atomic E-state index is 0.218. The van der Waals surface area contributed by atoms with Crippen molar-refractivity contribution in [3.8, 4) is 0 Å². The number of aryl methyl sites for hydroxylation is 1. The highest BCUT2D eigenvalue weighted by Gasteiger charge is 2.24. The molecular weight excluding hydrogens is 318 g/mol. The molecule has 4 rings (SSSR count). The minimum atomic E-state index is -0.273. The van der Waals surface area contributed by atoms with Gasteiger partial charge < -0.3 is 15.2 Å². The van der Waals surface area contributed by atoms with Crippen molar-refractivity contribution < 1.29 is 0 Å². The van der Waals surface area contributed by atoms with Gasteiger partial charge in [0.2, 0.25) is 0 Å². The largest absolute Gasteiger partial charge is 0.361 e. The van der Waals surface area contributed by atoms with Crippen LogP contribution in [0.25, 0.3) is 10.9 Å². The summed E-state index contributed by atoms with van der Waals surface area (Å²) in [6.45, 7) is 0.948. The maximum Gasteiger partial charge on any atom is 0.332 e. The van der Waals surface area contributed by atoms with Crippen LogP contribution in [0.4, 0.5) is 11.5 Å². The quantitative estimate of drug-likeness (QED) is 0.755. The molecule has 1 aromatic carbocycles. The topological polar surface area (TPSA) is 75.1 Å². The molecule has 0 spiro atoms. The average molecular weight is 339 g/mol. The van der Waals surface area contributed by atoms with Crippen LogP contribution in [0.5, 0.6) is 0 Å². The Kier molecular flexibility index (Phi) is 3.63. The third kappa shape index (κ3) is 2.43. The fourth-order valence-corrected chi connectivity index (χ4v) is 3.53. The maximum absolute atomic E-state index is 12.7. The highest BCUT2D eigenvalue weighted by atomic mass is 16.2. The standard InChI is InChI=1S/C18H21N5O2/c1-21-11-20-16-15(21)17(24)23(18(25)22(16)2)9-5-6-12-10-19-14-8-4-3-7-13(12)14/h3-4,7-8,10,19-20H,5-6,9,11H2,1-2H3. The molecule has 0 unspecified atom stereocenters. The summed E-state index contributed by atoms with van der Waals surface area (Å²) in [6, 6.07) is 8.15. The molecule has 2 aromatic heterocycles. The second-order valence-electron chi connectivity index (χ2n) is 6.49. The van der Waals surface area contributed by atoms with Gasteiger partial charge in [-0.25, -0.2) is 4.79 Å². The number of fused-ring (bicyclic) bond motifs is 2. The molecule has 0 radical (unpaired) electrons. The van der Waals surface area contributed by atoms with Crippen LogP contribution >= 0.6 is 0 Å². The maximum atomic E-state index is 12.7. The number of hydrogen-bond donors (Lipinski definition) is 2. The Morgan fingerprint density at radius 1 is 1.16 bits per heavy atom. The van der Waals surface area contributed by atoms with Gasteiger partial charge in [0.05, 0.1) is 6.67 Å². The van der Waals surface area contributed by atoms with E-state index in [9.17, 15) is 9.59 Å². The minimum Gasteiger partial charge on any atom is -0.361 e. The van der Waals surface area contributed by atoms with E-state index in [4.69, 9.17) is 0 Å². The normalized spacial score (nSPS) is 13.3. The second-order valence-corrected chi connectivity index (χ2v) is 6.49. The Balaban J connectivity index is 1.60. The fourth-order valence-electron chi connectivity index (χ4n) is 3.53. The van der Waals surface area contributed by atoms with E-state index >= 15 is 0 Å². The van der Waals surface area contributed by atoms with Crippen LogP contribution in [0.2, 0.25) is 0 Å². The SMILES string of the molecule is CN1CNc2c1c(=O)n(CCCc1c[nH]c3ccccc13)c(=O)n2C. The van der Waals surface area contributed by atoms with Crippen molar-refractivity contribution in [2.24, 2.45) is 7.05 Å². The first kappa shape index (κ1) is 15.6. The van der Waals surface area contributed by atoms with E-state index in [1.165, 1.54) is 20.1 Å². The third-order valence-corrected chi connectivity index (χ3v) is 4.89. The summed E-state index contributed by atoms with van der Waals surface area (Å²) in [5, 5.41) is 4.29. The van der Waals surface area contributed by atoms with E-state index < -0.39 is 0 Å². The summed E-state index contributed by atoms with van der Waals surface area (Å²) in [4.78, 5) is 30.3. The van der Waals surface area contributed by atoms with Gasteiger partial charge >= 0.3 is 5.69 Å². The van der Waals surface area contributed by atoms with Crippen LogP contribution in [0.15, 0.2) is 40.1 Å². The highest BCUT2D eigenvalue weighted by molar-refractivity contribution is 5.83. The van der Waals surface area contributed by atoms with Crippen LogP contribution in [0.3, 0.4) is 0 Å². The molecule has 0 amide bonds. The number of rotatable bonds is 4. The number of anilines is 2. The summed E-state index contributed by atoms with van der Waals surface area (Å²) in [6.07, 6.45) is 3.55. The van der Waals surface area contributed by atoms with E-state index in [0.717, 1.165) is 18.4 Å². The predicted octanol–water partition coefficient (Wildman–Crippen LogP) is 1.48. The Bertz CT molecular complexity index is 1060. The first-order valence-corrected chi connectivity index (χ1v) is 8.41. The molecule has 1 aliphatic rings. The zero-order chi connectivity index (χ0) is 17.6. The number of H-pyrrole nitrogens is 1. The van der Waals surface area contributed by atoms with Crippen LogP contribution in [-0.4, -0.2) is 27.8 Å². The number of hydrogen-bond acceptors (Lipinski definition) is 4. The molecule has 0 aliphatic carbocycles. The van der Waals surface area contributed by atoms with E-state index in [1.54, 1.807) is 7.05 Å². The number of nitrogens with one attached hydrogen (secondary N) is 2. The number of nitrogens with zero attached hydrogens (tertiary/aromatic N) is 3. The number of aromatic amines is 1. The van der Waals surface area contributed by atoms with Crippen LogP contribution < -0.4 is 21.5 Å². The monoisotopic (exact) mass is 339 g/mol. The molecule has 0 saturated carbocycles. The summed E-state index contributed by atoms with van der Waals surface area (Å²) >= 11 is 0. The van der Waals surface area contributed by atoms with E-state index in [1.807, 2.05) is 36.3 Å². The molecule has 0 atom stereocenters. The van der Waals surface area contributed by atoms with Crippen molar-refractivity contribution in [1.82, 2.24) is 14.1 Å². The summed E-state index contributed by atoms with van der Waals surface area (Å²) in [5.41, 5.74) is 2.39. The lowest BCUT2D eigenvalue weighted by atomic mass is 10.1. The van der Waals surface area contributed by atoms with Gasteiger partial charge in [0.15, 0.2) is 0 Å².